The fourth-order valence-corrected chi connectivity index (χ4v) is 3.60. The molecule has 1 amide bonds. The van der Waals surface area contributed by atoms with Crippen LogP contribution in [0, 0.1) is 0 Å². The number of nitrogens with zero attached hydrogens (tertiary/aromatic N) is 1. The quantitative estimate of drug-likeness (QED) is 0.768. The number of carbonyl (C=O) groups is 2. The maximum Gasteiger partial charge on any atom is 0.335 e. The second-order valence-electron chi connectivity index (χ2n) is 6.98. The van der Waals surface area contributed by atoms with Gasteiger partial charge in [0.2, 0.25) is 0 Å². The van der Waals surface area contributed by atoms with Crippen molar-refractivity contribution in [2.75, 3.05) is 26.7 Å². The van der Waals surface area contributed by atoms with Gasteiger partial charge in [0, 0.05) is 12.1 Å². The third-order valence-corrected chi connectivity index (χ3v) is 5.16. The van der Waals surface area contributed by atoms with Crippen LogP contribution in [-0.2, 0) is 0 Å². The Morgan fingerprint density at radius 3 is 2.39 bits per heavy atom. The van der Waals surface area contributed by atoms with Crippen LogP contribution >= 0.6 is 0 Å². The number of benzene rings is 2. The van der Waals surface area contributed by atoms with Crippen LogP contribution in [0.2, 0.25) is 0 Å². The molecule has 6 heteroatoms. The van der Waals surface area contributed by atoms with Crippen molar-refractivity contribution in [2.45, 2.75) is 25.3 Å². The molecule has 0 bridgehead atoms. The monoisotopic (exact) mass is 382 g/mol. The number of carboxylic acids is 1. The van der Waals surface area contributed by atoms with Gasteiger partial charge in [-0.3, -0.25) is 9.69 Å². The van der Waals surface area contributed by atoms with Gasteiger partial charge in [-0.2, -0.15) is 0 Å². The van der Waals surface area contributed by atoms with Crippen LogP contribution in [0.15, 0.2) is 48.5 Å². The van der Waals surface area contributed by atoms with Crippen molar-refractivity contribution in [2.24, 2.45) is 0 Å². The van der Waals surface area contributed by atoms with E-state index in [-0.39, 0.29) is 17.5 Å². The molecule has 2 N–H and O–H groups in total. The van der Waals surface area contributed by atoms with Crippen molar-refractivity contribution < 1.29 is 19.4 Å². The summed E-state index contributed by atoms with van der Waals surface area (Å²) in [5.74, 6) is -0.506. The Balaban J connectivity index is 1.74. The molecule has 3 rings (SSSR count). The molecule has 2 aromatic carbocycles. The normalized spacial score (nSPS) is 15.6. The van der Waals surface area contributed by atoms with E-state index in [2.05, 4.69) is 10.2 Å². The number of carboxylic acid groups (broad SMARTS) is 1. The smallest absolute Gasteiger partial charge is 0.335 e. The van der Waals surface area contributed by atoms with Gasteiger partial charge < -0.3 is 15.2 Å². The second-order valence-corrected chi connectivity index (χ2v) is 6.98. The molecule has 0 aromatic heterocycles. The predicted octanol–water partition coefficient (Wildman–Crippen LogP) is 3.35. The number of piperidine rings is 1. The SMILES string of the molecule is COc1ccc(C(CNC(=O)c2cccc(C(=O)O)c2)N2CCCCC2)cc1. The Morgan fingerprint density at radius 2 is 1.75 bits per heavy atom. The third kappa shape index (κ3) is 4.89. The first-order valence-electron chi connectivity index (χ1n) is 9.58. The van der Waals surface area contributed by atoms with Gasteiger partial charge in [-0.15, -0.1) is 0 Å². The molecule has 0 spiro atoms. The molecule has 1 unspecified atom stereocenters. The average Bonchev–Trinajstić information content (AvgIpc) is 2.75. The Morgan fingerprint density at radius 1 is 1.07 bits per heavy atom. The lowest BCUT2D eigenvalue weighted by Crippen LogP contribution is -2.40. The van der Waals surface area contributed by atoms with Gasteiger partial charge in [-0.05, 0) is 61.8 Å². The van der Waals surface area contributed by atoms with E-state index in [9.17, 15) is 9.59 Å². The summed E-state index contributed by atoms with van der Waals surface area (Å²) in [6.07, 6.45) is 3.54. The van der Waals surface area contributed by atoms with Gasteiger partial charge in [0.25, 0.3) is 5.91 Å². The minimum Gasteiger partial charge on any atom is -0.497 e. The number of hydrogen-bond donors (Lipinski definition) is 2. The van der Waals surface area contributed by atoms with Gasteiger partial charge in [-0.1, -0.05) is 24.6 Å². The molecule has 1 heterocycles. The highest BCUT2D eigenvalue weighted by atomic mass is 16.5. The minimum absolute atomic E-state index is 0.0674. The first-order valence-corrected chi connectivity index (χ1v) is 9.58. The number of hydrogen-bond acceptors (Lipinski definition) is 4. The molecule has 28 heavy (non-hydrogen) atoms. The Bertz CT molecular complexity index is 814. The lowest BCUT2D eigenvalue weighted by Gasteiger charge is -2.35. The minimum atomic E-state index is -1.04. The first-order chi connectivity index (χ1) is 13.6. The van der Waals surface area contributed by atoms with Crippen LogP contribution in [0.4, 0.5) is 0 Å². The maximum absolute atomic E-state index is 12.6. The van der Waals surface area contributed by atoms with Crippen molar-refractivity contribution in [1.29, 1.82) is 0 Å². The summed E-state index contributed by atoms with van der Waals surface area (Å²) in [6.45, 7) is 2.46. The van der Waals surface area contributed by atoms with Crippen molar-refractivity contribution in [1.82, 2.24) is 10.2 Å². The molecule has 1 aliphatic heterocycles. The number of nitrogens with one attached hydrogen (secondary N) is 1. The first kappa shape index (κ1) is 19.9. The van der Waals surface area contributed by atoms with Crippen LogP contribution < -0.4 is 10.1 Å². The summed E-state index contributed by atoms with van der Waals surface area (Å²) in [5.41, 5.74) is 1.59. The summed E-state index contributed by atoms with van der Waals surface area (Å²) in [7, 11) is 1.64. The van der Waals surface area contributed by atoms with E-state index in [1.54, 1.807) is 19.2 Å². The van der Waals surface area contributed by atoms with E-state index in [4.69, 9.17) is 9.84 Å². The number of rotatable bonds is 7. The molecule has 2 aromatic rings. The van der Waals surface area contributed by atoms with E-state index in [1.165, 1.54) is 18.6 Å². The highest BCUT2D eigenvalue weighted by Crippen LogP contribution is 2.26. The number of carbonyl (C=O) groups excluding carboxylic acids is 1. The van der Waals surface area contributed by atoms with Crippen LogP contribution in [-0.4, -0.2) is 48.6 Å². The summed E-state index contributed by atoms with van der Waals surface area (Å²) in [5, 5.41) is 12.1. The molecule has 0 saturated carbocycles. The van der Waals surface area contributed by atoms with E-state index < -0.39 is 5.97 Å². The van der Waals surface area contributed by atoms with Gasteiger partial charge in [0.05, 0.1) is 18.7 Å². The molecule has 1 fully saturated rings. The molecule has 1 aliphatic rings. The molecule has 0 radical (unpaired) electrons. The van der Waals surface area contributed by atoms with Crippen LogP contribution in [0.25, 0.3) is 0 Å². The third-order valence-electron chi connectivity index (χ3n) is 5.16. The zero-order chi connectivity index (χ0) is 19.9. The van der Waals surface area contributed by atoms with E-state index >= 15 is 0 Å². The summed E-state index contributed by atoms with van der Waals surface area (Å²) in [6, 6.07) is 14.1. The average molecular weight is 382 g/mol. The van der Waals surface area contributed by atoms with E-state index in [1.807, 2.05) is 24.3 Å². The zero-order valence-electron chi connectivity index (χ0n) is 16.1. The Kier molecular flexibility index (Phi) is 6.66. The fourth-order valence-electron chi connectivity index (χ4n) is 3.60. The fraction of sp³-hybridized carbons (Fsp3) is 0.364. The number of aromatic carboxylic acids is 1. The van der Waals surface area contributed by atoms with E-state index in [0.29, 0.717) is 12.1 Å². The van der Waals surface area contributed by atoms with Crippen molar-refractivity contribution in [3.8, 4) is 5.75 Å². The Labute approximate surface area is 165 Å². The second kappa shape index (κ2) is 9.37. The van der Waals surface area contributed by atoms with Gasteiger partial charge >= 0.3 is 5.97 Å². The van der Waals surface area contributed by atoms with Crippen molar-refractivity contribution in [3.05, 3.63) is 65.2 Å². The zero-order valence-corrected chi connectivity index (χ0v) is 16.1. The van der Waals surface area contributed by atoms with Gasteiger partial charge in [0.1, 0.15) is 5.75 Å². The van der Waals surface area contributed by atoms with Crippen LogP contribution in [0.3, 0.4) is 0 Å². The largest absolute Gasteiger partial charge is 0.497 e. The molecule has 1 atom stereocenters. The topological polar surface area (TPSA) is 78.9 Å². The van der Waals surface area contributed by atoms with Gasteiger partial charge in [0.15, 0.2) is 0 Å². The van der Waals surface area contributed by atoms with Crippen LogP contribution in [0.1, 0.15) is 51.6 Å². The molecular formula is C22H26N2O4. The molecule has 6 nitrogen and oxygen atoms in total. The Hall–Kier alpha value is -2.86. The molecule has 1 saturated heterocycles. The number of ether oxygens (including phenoxy) is 1. The van der Waals surface area contributed by atoms with Crippen molar-refractivity contribution >= 4 is 11.9 Å². The predicted molar refractivity (Wildman–Crippen MR) is 107 cm³/mol. The summed E-state index contributed by atoms with van der Waals surface area (Å²) in [4.78, 5) is 26.1. The highest BCUT2D eigenvalue weighted by molar-refractivity contribution is 5.97. The molecule has 0 aliphatic carbocycles. The van der Waals surface area contributed by atoms with E-state index in [0.717, 1.165) is 37.2 Å². The number of amides is 1. The number of methoxy groups -OCH3 is 1. The lowest BCUT2D eigenvalue weighted by atomic mass is 10.0. The molecule has 148 valence electrons. The summed E-state index contributed by atoms with van der Waals surface area (Å²) < 4.78 is 5.25. The molecular weight excluding hydrogens is 356 g/mol. The van der Waals surface area contributed by atoms with Crippen LogP contribution in [0.5, 0.6) is 5.75 Å². The number of likely N-dealkylation sites (tertiary alicyclic amines) is 1. The maximum atomic E-state index is 12.6. The lowest BCUT2D eigenvalue weighted by molar-refractivity contribution is 0.0697. The highest BCUT2D eigenvalue weighted by Gasteiger charge is 2.23. The van der Waals surface area contributed by atoms with Crippen molar-refractivity contribution in [3.63, 3.8) is 0 Å². The summed E-state index contributed by atoms with van der Waals surface area (Å²) >= 11 is 0. The van der Waals surface area contributed by atoms with Gasteiger partial charge in [-0.25, -0.2) is 4.79 Å². The standard InChI is InChI=1S/C22H26N2O4/c1-28-19-10-8-16(9-11-19)20(24-12-3-2-4-13-24)15-23-21(25)17-6-5-7-18(14-17)22(26)27/h5-11,14,20H,2-4,12-13,15H2,1H3,(H,23,25)(H,26,27).